The van der Waals surface area contributed by atoms with Crippen molar-refractivity contribution in [1.82, 2.24) is 0 Å². The lowest BCUT2D eigenvalue weighted by atomic mass is 10.1. The topological polar surface area (TPSA) is 29.5 Å². The van der Waals surface area contributed by atoms with Crippen LogP contribution >= 0.6 is 27.3 Å². The fourth-order valence-corrected chi connectivity index (χ4v) is 2.73. The fraction of sp³-hybridized carbons (Fsp3) is 0.231. The fourth-order valence-electron chi connectivity index (χ4n) is 1.62. The van der Waals surface area contributed by atoms with E-state index in [9.17, 15) is 5.11 Å². The maximum Gasteiger partial charge on any atom is 0.125 e. The van der Waals surface area contributed by atoms with Crippen molar-refractivity contribution in [2.45, 2.75) is 13.0 Å². The van der Waals surface area contributed by atoms with Crippen molar-refractivity contribution >= 4 is 27.3 Å². The molecule has 0 radical (unpaired) electrons. The molecule has 0 spiro atoms. The summed E-state index contributed by atoms with van der Waals surface area (Å²) in [6, 6.07) is 9.54. The Balaban J connectivity index is 2.38. The number of rotatable bonds is 4. The summed E-state index contributed by atoms with van der Waals surface area (Å²) in [6.45, 7) is 2.52. The summed E-state index contributed by atoms with van der Waals surface area (Å²) in [5.41, 5.74) is 0.795. The van der Waals surface area contributed by atoms with Crippen LogP contribution in [0.4, 0.5) is 0 Å². The molecule has 1 aromatic heterocycles. The molecule has 0 aliphatic rings. The molecule has 4 heteroatoms. The lowest BCUT2D eigenvalue weighted by Gasteiger charge is -2.15. The van der Waals surface area contributed by atoms with E-state index in [4.69, 9.17) is 4.74 Å². The summed E-state index contributed by atoms with van der Waals surface area (Å²) in [7, 11) is 0. The molecule has 0 bridgehead atoms. The standard InChI is InChI=1S/C13H13BrO2S/c1-2-16-11-6-5-9(14)8-10(11)13(15)12-4-3-7-17-12/h3-8,13,15H,2H2,1H3. The number of aliphatic hydroxyl groups is 1. The van der Waals surface area contributed by atoms with E-state index in [0.29, 0.717) is 6.61 Å². The second-order valence-electron chi connectivity index (χ2n) is 3.53. The van der Waals surface area contributed by atoms with Crippen molar-refractivity contribution in [1.29, 1.82) is 0 Å². The zero-order valence-corrected chi connectivity index (χ0v) is 11.8. The quantitative estimate of drug-likeness (QED) is 0.925. The molecule has 2 rings (SSSR count). The lowest BCUT2D eigenvalue weighted by molar-refractivity contribution is 0.215. The van der Waals surface area contributed by atoms with Crippen LogP contribution in [0.1, 0.15) is 23.5 Å². The molecule has 0 fully saturated rings. The molecular formula is C13H13BrO2S. The third-order valence-electron chi connectivity index (χ3n) is 2.38. The van der Waals surface area contributed by atoms with Gasteiger partial charge in [-0.1, -0.05) is 22.0 Å². The first-order valence-electron chi connectivity index (χ1n) is 5.36. The van der Waals surface area contributed by atoms with Crippen molar-refractivity contribution in [3.8, 4) is 5.75 Å². The van der Waals surface area contributed by atoms with Crippen LogP contribution in [0.25, 0.3) is 0 Å². The molecular weight excluding hydrogens is 300 g/mol. The van der Waals surface area contributed by atoms with Gasteiger partial charge >= 0.3 is 0 Å². The van der Waals surface area contributed by atoms with E-state index < -0.39 is 6.10 Å². The highest BCUT2D eigenvalue weighted by molar-refractivity contribution is 9.10. The van der Waals surface area contributed by atoms with Crippen molar-refractivity contribution in [3.05, 3.63) is 50.6 Å². The minimum absolute atomic E-state index is 0.589. The van der Waals surface area contributed by atoms with Crippen LogP contribution in [0.3, 0.4) is 0 Å². The zero-order chi connectivity index (χ0) is 12.3. The van der Waals surface area contributed by atoms with Gasteiger partial charge in [0.25, 0.3) is 0 Å². The van der Waals surface area contributed by atoms with Crippen LogP contribution in [-0.4, -0.2) is 11.7 Å². The summed E-state index contributed by atoms with van der Waals surface area (Å²) in [5.74, 6) is 0.733. The van der Waals surface area contributed by atoms with Crippen LogP contribution in [0, 0.1) is 0 Å². The SMILES string of the molecule is CCOc1ccc(Br)cc1C(O)c1cccs1. The smallest absolute Gasteiger partial charge is 0.125 e. The van der Waals surface area contributed by atoms with Crippen LogP contribution < -0.4 is 4.74 Å². The molecule has 0 aliphatic heterocycles. The molecule has 0 amide bonds. The minimum atomic E-state index is -0.631. The molecule has 2 aromatic rings. The first-order valence-corrected chi connectivity index (χ1v) is 7.03. The highest BCUT2D eigenvalue weighted by Gasteiger charge is 2.16. The Morgan fingerprint density at radius 2 is 2.24 bits per heavy atom. The molecule has 90 valence electrons. The van der Waals surface area contributed by atoms with Gasteiger partial charge in [0, 0.05) is 14.9 Å². The van der Waals surface area contributed by atoms with Gasteiger partial charge in [-0.2, -0.15) is 0 Å². The van der Waals surface area contributed by atoms with Crippen LogP contribution in [0.5, 0.6) is 5.75 Å². The Kier molecular flexibility index (Phi) is 4.20. The van der Waals surface area contributed by atoms with Crippen LogP contribution in [0.2, 0.25) is 0 Å². The van der Waals surface area contributed by atoms with Gasteiger partial charge in [-0.3, -0.25) is 0 Å². The predicted molar refractivity (Wildman–Crippen MR) is 73.7 cm³/mol. The van der Waals surface area contributed by atoms with E-state index in [0.717, 1.165) is 20.7 Å². The summed E-state index contributed by atoms with van der Waals surface area (Å²) in [5, 5.41) is 12.3. The van der Waals surface area contributed by atoms with Gasteiger partial charge < -0.3 is 9.84 Å². The molecule has 0 saturated carbocycles. The van der Waals surface area contributed by atoms with E-state index in [1.807, 2.05) is 42.6 Å². The minimum Gasteiger partial charge on any atom is -0.493 e. The number of ether oxygens (including phenoxy) is 1. The average molecular weight is 313 g/mol. The molecule has 0 saturated heterocycles. The lowest BCUT2D eigenvalue weighted by Crippen LogP contribution is -2.02. The average Bonchev–Trinajstić information content (AvgIpc) is 2.84. The number of hydrogen-bond acceptors (Lipinski definition) is 3. The van der Waals surface area contributed by atoms with Crippen molar-refractivity contribution < 1.29 is 9.84 Å². The van der Waals surface area contributed by atoms with E-state index in [1.54, 1.807) is 0 Å². The summed E-state index contributed by atoms with van der Waals surface area (Å²) >= 11 is 4.95. The van der Waals surface area contributed by atoms with Gasteiger partial charge in [0.2, 0.25) is 0 Å². The second kappa shape index (κ2) is 5.67. The Labute approximate surface area is 113 Å². The maximum atomic E-state index is 10.3. The Morgan fingerprint density at radius 1 is 1.41 bits per heavy atom. The summed E-state index contributed by atoms with van der Waals surface area (Å²) in [4.78, 5) is 0.920. The van der Waals surface area contributed by atoms with Crippen molar-refractivity contribution in [3.63, 3.8) is 0 Å². The third-order valence-corrected chi connectivity index (χ3v) is 3.80. The maximum absolute atomic E-state index is 10.3. The number of benzene rings is 1. The molecule has 1 unspecified atom stereocenters. The largest absolute Gasteiger partial charge is 0.493 e. The van der Waals surface area contributed by atoms with E-state index in [1.165, 1.54) is 11.3 Å². The number of halogens is 1. The normalized spacial score (nSPS) is 12.4. The predicted octanol–water partition coefficient (Wildman–Crippen LogP) is 3.99. The van der Waals surface area contributed by atoms with Crippen molar-refractivity contribution in [2.75, 3.05) is 6.61 Å². The molecule has 1 atom stereocenters. The summed E-state index contributed by atoms with van der Waals surface area (Å²) < 4.78 is 6.47. The molecule has 1 aromatic carbocycles. The summed E-state index contributed by atoms with van der Waals surface area (Å²) in [6.07, 6.45) is -0.631. The monoisotopic (exact) mass is 312 g/mol. The van der Waals surface area contributed by atoms with Gasteiger partial charge in [0.15, 0.2) is 0 Å². The highest BCUT2D eigenvalue weighted by atomic mass is 79.9. The third kappa shape index (κ3) is 2.89. The van der Waals surface area contributed by atoms with E-state index >= 15 is 0 Å². The van der Waals surface area contributed by atoms with E-state index in [-0.39, 0.29) is 0 Å². The number of thiophene rings is 1. The van der Waals surface area contributed by atoms with Gasteiger partial charge in [-0.15, -0.1) is 11.3 Å². The molecule has 1 N–H and O–H groups in total. The molecule has 0 aliphatic carbocycles. The van der Waals surface area contributed by atoms with Gasteiger partial charge in [0.1, 0.15) is 11.9 Å². The molecule has 1 heterocycles. The Hall–Kier alpha value is -0.840. The Morgan fingerprint density at radius 3 is 2.88 bits per heavy atom. The molecule has 2 nitrogen and oxygen atoms in total. The Bertz CT molecular complexity index is 482. The van der Waals surface area contributed by atoms with Crippen molar-refractivity contribution in [2.24, 2.45) is 0 Å². The number of hydrogen-bond donors (Lipinski definition) is 1. The van der Waals surface area contributed by atoms with E-state index in [2.05, 4.69) is 15.9 Å². The van der Waals surface area contributed by atoms with Crippen LogP contribution in [-0.2, 0) is 0 Å². The van der Waals surface area contributed by atoms with Gasteiger partial charge in [-0.05, 0) is 36.6 Å². The zero-order valence-electron chi connectivity index (χ0n) is 9.39. The number of aliphatic hydroxyl groups excluding tert-OH is 1. The highest BCUT2D eigenvalue weighted by Crippen LogP contribution is 2.34. The van der Waals surface area contributed by atoms with Crippen LogP contribution in [0.15, 0.2) is 40.2 Å². The first kappa shape index (κ1) is 12.6. The van der Waals surface area contributed by atoms with Gasteiger partial charge in [-0.25, -0.2) is 0 Å². The first-order chi connectivity index (χ1) is 8.22. The van der Waals surface area contributed by atoms with Gasteiger partial charge in [0.05, 0.1) is 6.61 Å². The molecule has 17 heavy (non-hydrogen) atoms. The second-order valence-corrected chi connectivity index (χ2v) is 5.43.